The first-order chi connectivity index (χ1) is 7.57. The third kappa shape index (κ3) is 3.06. The van der Waals surface area contributed by atoms with E-state index >= 15 is 0 Å². The predicted molar refractivity (Wildman–Crippen MR) is 68.9 cm³/mol. The zero-order valence-electron chi connectivity index (χ0n) is 10.3. The minimum absolute atomic E-state index is 0.0328. The highest BCUT2D eigenvalue weighted by Crippen LogP contribution is 2.26. The van der Waals surface area contributed by atoms with Gasteiger partial charge in [0.15, 0.2) is 0 Å². The summed E-state index contributed by atoms with van der Waals surface area (Å²) in [5.41, 5.74) is 0.0328. The Morgan fingerprint density at radius 2 is 2.38 bits per heavy atom. The molecular weight excluding hydrogens is 218 g/mol. The normalized spacial score (nSPS) is 26.6. The van der Waals surface area contributed by atoms with Gasteiger partial charge < -0.3 is 10.1 Å². The fraction of sp³-hybridized carbons (Fsp3) is 0.692. The second-order valence-electron chi connectivity index (χ2n) is 5.20. The molecule has 1 aliphatic rings. The molecule has 1 aromatic heterocycles. The van der Waals surface area contributed by atoms with Crippen LogP contribution in [0.4, 0.5) is 0 Å². The van der Waals surface area contributed by atoms with Crippen LogP contribution in [-0.4, -0.2) is 18.2 Å². The van der Waals surface area contributed by atoms with Gasteiger partial charge in [0.2, 0.25) is 0 Å². The smallest absolute Gasteiger partial charge is 0.0641 e. The fourth-order valence-electron chi connectivity index (χ4n) is 2.35. The van der Waals surface area contributed by atoms with Crippen LogP contribution >= 0.6 is 11.3 Å². The Balaban J connectivity index is 1.90. The van der Waals surface area contributed by atoms with Crippen molar-refractivity contribution in [2.75, 3.05) is 6.61 Å². The summed E-state index contributed by atoms with van der Waals surface area (Å²) in [5, 5.41) is 5.85. The summed E-state index contributed by atoms with van der Waals surface area (Å²) >= 11 is 1.83. The summed E-state index contributed by atoms with van der Waals surface area (Å²) in [5.74, 6) is 0. The molecular formula is C13H21NOS. The zero-order valence-corrected chi connectivity index (χ0v) is 11.1. The van der Waals surface area contributed by atoms with E-state index in [9.17, 15) is 0 Å². The average Bonchev–Trinajstić information content (AvgIpc) is 2.68. The van der Waals surface area contributed by atoms with Gasteiger partial charge in [-0.3, -0.25) is 0 Å². The van der Waals surface area contributed by atoms with Gasteiger partial charge in [-0.05, 0) is 45.1 Å². The molecule has 90 valence electrons. The van der Waals surface area contributed by atoms with Crippen molar-refractivity contribution in [1.82, 2.24) is 5.32 Å². The predicted octanol–water partition coefficient (Wildman–Crippen LogP) is 3.36. The van der Waals surface area contributed by atoms with Crippen LogP contribution in [0.1, 0.15) is 44.5 Å². The Labute approximate surface area is 102 Å². The highest BCUT2D eigenvalue weighted by molar-refractivity contribution is 7.10. The lowest BCUT2D eigenvalue weighted by Gasteiger charge is -2.37. The lowest BCUT2D eigenvalue weighted by atomic mass is 9.93. The van der Waals surface area contributed by atoms with Crippen molar-refractivity contribution >= 4 is 11.3 Å². The Morgan fingerprint density at radius 1 is 1.56 bits per heavy atom. The molecule has 2 heterocycles. The number of ether oxygens (including phenoxy) is 1. The summed E-state index contributed by atoms with van der Waals surface area (Å²) in [6.07, 6.45) is 2.22. The van der Waals surface area contributed by atoms with Gasteiger partial charge in [-0.15, -0.1) is 11.3 Å². The van der Waals surface area contributed by atoms with Gasteiger partial charge in [-0.2, -0.15) is 0 Å². The number of rotatable bonds is 3. The molecule has 1 aliphatic heterocycles. The Kier molecular flexibility index (Phi) is 3.67. The Hall–Kier alpha value is -0.380. The standard InChI is InChI=1S/C13H21NOS/c1-10(12-5-4-8-16-12)14-11-6-7-15-13(2,3)9-11/h4-5,8,10-11,14H,6-7,9H2,1-3H3/t10-,11?/m1/s1. The van der Waals surface area contributed by atoms with Crippen molar-refractivity contribution in [1.29, 1.82) is 0 Å². The molecule has 0 saturated carbocycles. The Bertz CT molecular complexity index is 321. The van der Waals surface area contributed by atoms with Gasteiger partial charge >= 0.3 is 0 Å². The molecule has 1 unspecified atom stereocenters. The van der Waals surface area contributed by atoms with Gasteiger partial charge in [0, 0.05) is 23.6 Å². The molecule has 16 heavy (non-hydrogen) atoms. The lowest BCUT2D eigenvalue weighted by molar-refractivity contribution is -0.0639. The van der Waals surface area contributed by atoms with E-state index in [1.807, 2.05) is 11.3 Å². The van der Waals surface area contributed by atoms with E-state index in [0.717, 1.165) is 19.4 Å². The van der Waals surface area contributed by atoms with E-state index in [0.29, 0.717) is 12.1 Å². The molecule has 1 aromatic rings. The van der Waals surface area contributed by atoms with Crippen molar-refractivity contribution in [3.8, 4) is 0 Å². The first kappa shape index (κ1) is 12.1. The summed E-state index contributed by atoms with van der Waals surface area (Å²) in [4.78, 5) is 1.42. The van der Waals surface area contributed by atoms with Crippen molar-refractivity contribution in [2.45, 2.75) is 51.3 Å². The lowest BCUT2D eigenvalue weighted by Crippen LogP contribution is -2.44. The second-order valence-corrected chi connectivity index (χ2v) is 6.18. The fourth-order valence-corrected chi connectivity index (χ4v) is 3.09. The van der Waals surface area contributed by atoms with E-state index in [-0.39, 0.29) is 5.60 Å². The average molecular weight is 239 g/mol. The Morgan fingerprint density at radius 3 is 3.00 bits per heavy atom. The molecule has 0 radical (unpaired) electrons. The van der Waals surface area contributed by atoms with Crippen molar-refractivity contribution in [2.24, 2.45) is 0 Å². The van der Waals surface area contributed by atoms with Crippen molar-refractivity contribution in [3.05, 3.63) is 22.4 Å². The number of nitrogens with one attached hydrogen (secondary N) is 1. The van der Waals surface area contributed by atoms with Gasteiger partial charge in [-0.1, -0.05) is 6.07 Å². The van der Waals surface area contributed by atoms with Gasteiger partial charge in [0.25, 0.3) is 0 Å². The molecule has 0 amide bonds. The van der Waals surface area contributed by atoms with Crippen LogP contribution < -0.4 is 5.32 Å². The van der Waals surface area contributed by atoms with Crippen molar-refractivity contribution < 1.29 is 4.74 Å². The summed E-state index contributed by atoms with van der Waals surface area (Å²) in [6.45, 7) is 7.48. The van der Waals surface area contributed by atoms with E-state index in [1.54, 1.807) is 0 Å². The van der Waals surface area contributed by atoms with Crippen LogP contribution in [0.3, 0.4) is 0 Å². The maximum Gasteiger partial charge on any atom is 0.0641 e. The molecule has 1 fully saturated rings. The van der Waals surface area contributed by atoms with Crippen LogP contribution in [-0.2, 0) is 4.74 Å². The third-order valence-electron chi connectivity index (χ3n) is 3.15. The van der Waals surface area contributed by atoms with Gasteiger partial charge in [-0.25, -0.2) is 0 Å². The molecule has 3 heteroatoms. The molecule has 0 bridgehead atoms. The largest absolute Gasteiger partial charge is 0.375 e. The van der Waals surface area contributed by atoms with Gasteiger partial charge in [0.1, 0.15) is 0 Å². The number of hydrogen-bond acceptors (Lipinski definition) is 3. The van der Waals surface area contributed by atoms with Crippen molar-refractivity contribution in [3.63, 3.8) is 0 Å². The molecule has 1 N–H and O–H groups in total. The van der Waals surface area contributed by atoms with Crippen LogP contribution in [0, 0.1) is 0 Å². The molecule has 1 saturated heterocycles. The highest BCUT2D eigenvalue weighted by Gasteiger charge is 2.29. The maximum atomic E-state index is 5.73. The highest BCUT2D eigenvalue weighted by atomic mass is 32.1. The van der Waals surface area contributed by atoms with Crippen LogP contribution in [0.25, 0.3) is 0 Å². The first-order valence-electron chi connectivity index (χ1n) is 6.00. The van der Waals surface area contributed by atoms with Crippen LogP contribution in [0.15, 0.2) is 17.5 Å². The molecule has 0 aromatic carbocycles. The minimum Gasteiger partial charge on any atom is -0.375 e. The topological polar surface area (TPSA) is 21.3 Å². The van der Waals surface area contributed by atoms with Crippen LogP contribution in [0.2, 0.25) is 0 Å². The third-order valence-corrected chi connectivity index (χ3v) is 4.21. The SMILES string of the molecule is C[C@@H](NC1CCOC(C)(C)C1)c1cccs1. The van der Waals surface area contributed by atoms with E-state index in [2.05, 4.69) is 43.6 Å². The monoisotopic (exact) mass is 239 g/mol. The first-order valence-corrected chi connectivity index (χ1v) is 6.88. The van der Waals surface area contributed by atoms with Crippen LogP contribution in [0.5, 0.6) is 0 Å². The maximum absolute atomic E-state index is 5.73. The second kappa shape index (κ2) is 4.86. The summed E-state index contributed by atoms with van der Waals surface area (Å²) in [7, 11) is 0. The summed E-state index contributed by atoms with van der Waals surface area (Å²) in [6, 6.07) is 5.36. The quantitative estimate of drug-likeness (QED) is 0.873. The number of hydrogen-bond donors (Lipinski definition) is 1. The molecule has 2 nitrogen and oxygen atoms in total. The molecule has 2 rings (SSSR count). The molecule has 2 atom stereocenters. The molecule has 0 spiro atoms. The van der Waals surface area contributed by atoms with E-state index < -0.39 is 0 Å². The van der Waals surface area contributed by atoms with Gasteiger partial charge in [0.05, 0.1) is 5.60 Å². The zero-order chi connectivity index (χ0) is 11.6. The van der Waals surface area contributed by atoms with E-state index in [4.69, 9.17) is 4.74 Å². The summed E-state index contributed by atoms with van der Waals surface area (Å²) < 4.78 is 5.73. The number of thiophene rings is 1. The minimum atomic E-state index is 0.0328. The molecule has 0 aliphatic carbocycles. The van der Waals surface area contributed by atoms with E-state index in [1.165, 1.54) is 4.88 Å².